The number of thiazole rings is 1. The first-order valence-corrected chi connectivity index (χ1v) is 13.8. The second-order valence-corrected chi connectivity index (χ2v) is 11.9. The minimum atomic E-state index is -3.50. The number of carbonyl (C=O) groups is 1. The summed E-state index contributed by atoms with van der Waals surface area (Å²) in [5.74, 6) is -0.302. The van der Waals surface area contributed by atoms with Crippen molar-refractivity contribution in [1.29, 1.82) is 0 Å². The molecule has 1 aliphatic heterocycles. The Bertz CT molecular complexity index is 1310. The van der Waals surface area contributed by atoms with E-state index in [1.54, 1.807) is 28.6 Å². The number of rotatable bonds is 6. The minimum absolute atomic E-state index is 0.0344. The van der Waals surface area contributed by atoms with Crippen LogP contribution in [0, 0.1) is 5.92 Å². The number of carbonyl (C=O) groups excluding carboxylic acids is 1. The molecule has 3 aromatic heterocycles. The van der Waals surface area contributed by atoms with Crippen LogP contribution in [0.4, 0.5) is 5.13 Å². The highest BCUT2D eigenvalue weighted by atomic mass is 32.2. The minimum Gasteiger partial charge on any atom is -0.282 e. The normalized spacial score (nSPS) is 15.6. The monoisotopic (exact) mass is 498 g/mol. The number of para-hydroxylation sites is 1. The lowest BCUT2D eigenvalue weighted by Crippen LogP contribution is -2.44. The Hall–Kier alpha value is -2.66. The maximum Gasteiger partial charge on any atom is 0.252 e. The zero-order chi connectivity index (χ0) is 22.8. The highest BCUT2D eigenvalue weighted by Crippen LogP contribution is 2.33. The van der Waals surface area contributed by atoms with E-state index in [2.05, 4.69) is 4.98 Å². The number of anilines is 1. The van der Waals surface area contributed by atoms with E-state index in [4.69, 9.17) is 4.98 Å². The summed E-state index contributed by atoms with van der Waals surface area (Å²) in [7, 11) is -3.50. The van der Waals surface area contributed by atoms with E-state index in [0.29, 0.717) is 41.8 Å². The van der Waals surface area contributed by atoms with E-state index in [1.807, 2.05) is 42.5 Å². The topological polar surface area (TPSA) is 83.5 Å². The van der Waals surface area contributed by atoms with Crippen molar-refractivity contribution in [2.75, 3.05) is 18.0 Å². The van der Waals surface area contributed by atoms with Gasteiger partial charge in [0.2, 0.25) is 5.91 Å². The third-order valence-corrected chi connectivity index (χ3v) is 10.0. The molecular weight excluding hydrogens is 476 g/mol. The first-order chi connectivity index (χ1) is 16.0. The lowest BCUT2D eigenvalue weighted by Gasteiger charge is -2.32. The molecule has 0 spiro atoms. The Balaban J connectivity index is 1.37. The maximum atomic E-state index is 13.7. The van der Waals surface area contributed by atoms with Gasteiger partial charge in [-0.2, -0.15) is 4.31 Å². The molecule has 1 aliphatic rings. The molecule has 4 heterocycles. The van der Waals surface area contributed by atoms with Crippen LogP contribution in [0.5, 0.6) is 0 Å². The zero-order valence-corrected chi connectivity index (χ0v) is 20.2. The number of thiophene rings is 1. The summed E-state index contributed by atoms with van der Waals surface area (Å²) < 4.78 is 28.5. The number of piperidine rings is 1. The van der Waals surface area contributed by atoms with Crippen molar-refractivity contribution in [3.05, 3.63) is 71.9 Å². The molecule has 7 nitrogen and oxygen atoms in total. The second kappa shape index (κ2) is 9.30. The van der Waals surface area contributed by atoms with Crippen LogP contribution < -0.4 is 4.90 Å². The Morgan fingerprint density at radius 1 is 1.06 bits per heavy atom. The van der Waals surface area contributed by atoms with E-state index in [9.17, 15) is 13.2 Å². The highest BCUT2D eigenvalue weighted by Gasteiger charge is 2.35. The Morgan fingerprint density at radius 3 is 2.55 bits per heavy atom. The van der Waals surface area contributed by atoms with Gasteiger partial charge in [0.25, 0.3) is 10.0 Å². The molecule has 0 N–H and O–H groups in total. The lowest BCUT2D eigenvalue weighted by molar-refractivity contribution is -0.123. The van der Waals surface area contributed by atoms with E-state index in [-0.39, 0.29) is 11.8 Å². The van der Waals surface area contributed by atoms with Crippen molar-refractivity contribution in [3.8, 4) is 0 Å². The molecule has 0 bridgehead atoms. The Kier molecular flexibility index (Phi) is 6.24. The number of hydrogen-bond acceptors (Lipinski definition) is 7. The van der Waals surface area contributed by atoms with Crippen LogP contribution in [0.15, 0.2) is 70.4 Å². The predicted octanol–water partition coefficient (Wildman–Crippen LogP) is 4.39. The number of fused-ring (bicyclic) bond motifs is 1. The van der Waals surface area contributed by atoms with E-state index in [1.165, 1.54) is 27.0 Å². The Morgan fingerprint density at radius 2 is 1.85 bits per heavy atom. The summed E-state index contributed by atoms with van der Waals surface area (Å²) in [6, 6.07) is 16.8. The second-order valence-electron chi connectivity index (χ2n) is 7.82. The van der Waals surface area contributed by atoms with Gasteiger partial charge in [-0.05, 0) is 48.6 Å². The molecule has 10 heteroatoms. The Labute approximate surface area is 200 Å². The van der Waals surface area contributed by atoms with Crippen molar-refractivity contribution in [1.82, 2.24) is 14.3 Å². The molecule has 0 saturated carbocycles. The van der Waals surface area contributed by atoms with Gasteiger partial charge in [0, 0.05) is 25.2 Å². The molecule has 5 rings (SSSR count). The maximum absolute atomic E-state index is 13.7. The van der Waals surface area contributed by atoms with Gasteiger partial charge in [-0.1, -0.05) is 35.6 Å². The smallest absolute Gasteiger partial charge is 0.252 e. The number of sulfonamides is 1. The average Bonchev–Trinajstić information content (AvgIpc) is 3.53. The van der Waals surface area contributed by atoms with Gasteiger partial charge in [-0.3, -0.25) is 14.7 Å². The number of hydrogen-bond donors (Lipinski definition) is 0. The van der Waals surface area contributed by atoms with Gasteiger partial charge >= 0.3 is 0 Å². The van der Waals surface area contributed by atoms with Crippen LogP contribution in [-0.2, 0) is 21.4 Å². The van der Waals surface area contributed by atoms with Crippen LogP contribution in [0.2, 0.25) is 0 Å². The van der Waals surface area contributed by atoms with E-state index in [0.717, 1.165) is 15.9 Å². The average molecular weight is 499 g/mol. The van der Waals surface area contributed by atoms with E-state index >= 15 is 0 Å². The summed E-state index contributed by atoms with van der Waals surface area (Å²) in [6.45, 7) is 0.981. The van der Waals surface area contributed by atoms with Crippen molar-refractivity contribution < 1.29 is 13.2 Å². The van der Waals surface area contributed by atoms with Crippen molar-refractivity contribution in [2.24, 2.45) is 5.92 Å². The fraction of sp³-hybridized carbons (Fsp3) is 0.261. The number of pyridine rings is 1. The molecule has 1 amide bonds. The molecule has 0 atom stereocenters. The molecule has 1 aromatic carbocycles. The standard InChI is InChI=1S/C23H22N4O3S3/c28-22(17-10-13-26(14-11-17)33(29,30)21-9-5-15-31-21)27(16-18-6-3-4-12-24-18)23-25-19-7-1-2-8-20(19)32-23/h1-9,12,15,17H,10-11,13-14,16H2. The third-order valence-electron chi connectivity index (χ3n) is 5.72. The fourth-order valence-corrected chi connectivity index (χ4v) is 7.55. The molecule has 0 radical (unpaired) electrons. The first kappa shape index (κ1) is 22.1. The summed E-state index contributed by atoms with van der Waals surface area (Å²) >= 11 is 2.70. The summed E-state index contributed by atoms with van der Waals surface area (Å²) in [5, 5.41) is 2.40. The molecule has 170 valence electrons. The van der Waals surface area contributed by atoms with Crippen LogP contribution in [-0.4, -0.2) is 41.7 Å². The molecule has 0 aliphatic carbocycles. The highest BCUT2D eigenvalue weighted by molar-refractivity contribution is 7.91. The van der Waals surface area contributed by atoms with Crippen LogP contribution >= 0.6 is 22.7 Å². The van der Waals surface area contributed by atoms with Gasteiger partial charge in [-0.15, -0.1) is 11.3 Å². The number of benzene rings is 1. The van der Waals surface area contributed by atoms with Crippen molar-refractivity contribution in [2.45, 2.75) is 23.6 Å². The number of aromatic nitrogens is 2. The predicted molar refractivity (Wildman–Crippen MR) is 131 cm³/mol. The zero-order valence-electron chi connectivity index (χ0n) is 17.7. The summed E-state index contributed by atoms with van der Waals surface area (Å²) in [5.41, 5.74) is 1.64. The van der Waals surface area contributed by atoms with Crippen molar-refractivity contribution in [3.63, 3.8) is 0 Å². The van der Waals surface area contributed by atoms with Crippen molar-refractivity contribution >= 4 is 54.0 Å². The quantitative estimate of drug-likeness (QED) is 0.394. The third kappa shape index (κ3) is 4.56. The molecule has 1 saturated heterocycles. The van der Waals surface area contributed by atoms with Gasteiger partial charge in [0.15, 0.2) is 5.13 Å². The van der Waals surface area contributed by atoms with Crippen LogP contribution in [0.25, 0.3) is 10.2 Å². The van der Waals surface area contributed by atoms with Gasteiger partial charge in [0.1, 0.15) is 4.21 Å². The first-order valence-electron chi connectivity index (χ1n) is 10.6. The number of nitrogens with zero attached hydrogens (tertiary/aromatic N) is 4. The molecular formula is C23H22N4O3S3. The van der Waals surface area contributed by atoms with Gasteiger partial charge < -0.3 is 0 Å². The van der Waals surface area contributed by atoms with Gasteiger partial charge in [-0.25, -0.2) is 13.4 Å². The summed E-state index contributed by atoms with van der Waals surface area (Å²) in [4.78, 5) is 24.5. The van der Waals surface area contributed by atoms with Crippen LogP contribution in [0.1, 0.15) is 18.5 Å². The van der Waals surface area contributed by atoms with Gasteiger partial charge in [0.05, 0.1) is 22.5 Å². The molecule has 0 unspecified atom stereocenters. The van der Waals surface area contributed by atoms with E-state index < -0.39 is 10.0 Å². The lowest BCUT2D eigenvalue weighted by atomic mass is 9.96. The molecule has 33 heavy (non-hydrogen) atoms. The molecule has 1 fully saturated rings. The molecule has 4 aromatic rings. The van der Waals surface area contributed by atoms with Crippen LogP contribution in [0.3, 0.4) is 0 Å². The SMILES string of the molecule is O=C(C1CCN(S(=O)(=O)c2cccs2)CC1)N(Cc1ccccn1)c1nc2ccccc2s1. The largest absolute Gasteiger partial charge is 0.282 e. The fourth-order valence-electron chi connectivity index (χ4n) is 3.97. The summed E-state index contributed by atoms with van der Waals surface area (Å²) in [6.07, 6.45) is 2.67. The number of amides is 1.